The van der Waals surface area contributed by atoms with Gasteiger partial charge in [0.15, 0.2) is 11.5 Å². The van der Waals surface area contributed by atoms with Gasteiger partial charge in [0.2, 0.25) is 0 Å². The first-order valence-electron chi connectivity index (χ1n) is 9.92. The molecule has 2 heterocycles. The molecule has 0 spiro atoms. The largest absolute Gasteiger partial charge is 0.496 e. The predicted molar refractivity (Wildman–Crippen MR) is 112 cm³/mol. The van der Waals surface area contributed by atoms with E-state index in [0.717, 1.165) is 35.9 Å². The van der Waals surface area contributed by atoms with Crippen LogP contribution < -0.4 is 9.64 Å². The van der Waals surface area contributed by atoms with Crippen LogP contribution in [-0.4, -0.2) is 49.1 Å². The second kappa shape index (κ2) is 8.67. The highest BCUT2D eigenvalue weighted by Crippen LogP contribution is 2.29. The monoisotopic (exact) mass is 409 g/mol. The lowest BCUT2D eigenvalue weighted by atomic mass is 10.1. The molecule has 3 aromatic rings. The summed E-state index contributed by atoms with van der Waals surface area (Å²) in [6, 6.07) is 14.3. The number of hydrogen-bond acceptors (Lipinski definition) is 6. The number of ketones is 1. The molecule has 4 rings (SSSR count). The topological polar surface area (TPSA) is 58.8 Å². The molecular weight excluding hydrogens is 385 g/mol. The van der Waals surface area contributed by atoms with Crippen molar-refractivity contribution in [2.45, 2.75) is 13.5 Å². The van der Waals surface area contributed by atoms with Crippen LogP contribution in [0, 0.1) is 5.82 Å². The number of carbonyl (C=O) groups excluding carboxylic acids is 1. The van der Waals surface area contributed by atoms with Crippen LogP contribution >= 0.6 is 0 Å². The van der Waals surface area contributed by atoms with Gasteiger partial charge in [-0.3, -0.25) is 9.69 Å². The number of piperazine rings is 1. The van der Waals surface area contributed by atoms with Gasteiger partial charge in [-0.25, -0.2) is 4.39 Å². The summed E-state index contributed by atoms with van der Waals surface area (Å²) in [6.07, 6.45) is 0. The normalized spacial score (nSPS) is 14.7. The first-order valence-corrected chi connectivity index (χ1v) is 9.92. The average molecular weight is 409 g/mol. The summed E-state index contributed by atoms with van der Waals surface area (Å²) >= 11 is 0. The van der Waals surface area contributed by atoms with Gasteiger partial charge in [-0.2, -0.15) is 0 Å². The molecule has 0 saturated carbocycles. The highest BCUT2D eigenvalue weighted by molar-refractivity contribution is 5.94. The standard InChI is InChI=1S/C23H24FN3O3/c1-16(28)17-7-8-22(20(24)13-17)27-11-9-26(10-12-27)15-18-14-21(25-30-18)19-5-3-4-6-23(19)29-2/h3-8,13-14H,9-12,15H2,1-2H3. The molecule has 0 unspecified atom stereocenters. The molecule has 1 fully saturated rings. The Bertz CT molecular complexity index is 1040. The Kier molecular flexibility index (Phi) is 5.81. The van der Waals surface area contributed by atoms with Gasteiger partial charge in [-0.15, -0.1) is 0 Å². The summed E-state index contributed by atoms with van der Waals surface area (Å²) in [6.45, 7) is 5.03. The molecule has 6 nitrogen and oxygen atoms in total. The van der Waals surface area contributed by atoms with E-state index in [1.165, 1.54) is 13.0 Å². The highest BCUT2D eigenvalue weighted by atomic mass is 19.1. The van der Waals surface area contributed by atoms with Crippen LogP contribution in [0.3, 0.4) is 0 Å². The number of nitrogens with zero attached hydrogens (tertiary/aromatic N) is 3. The Morgan fingerprint density at radius 1 is 1.13 bits per heavy atom. The fourth-order valence-corrected chi connectivity index (χ4v) is 3.72. The van der Waals surface area contributed by atoms with Gasteiger partial charge in [0.05, 0.1) is 19.3 Å². The number of halogens is 1. The van der Waals surface area contributed by atoms with E-state index in [9.17, 15) is 9.18 Å². The maximum absolute atomic E-state index is 14.4. The van der Waals surface area contributed by atoms with Crippen LogP contribution in [0.5, 0.6) is 5.75 Å². The van der Waals surface area contributed by atoms with Gasteiger partial charge >= 0.3 is 0 Å². The van der Waals surface area contributed by atoms with E-state index in [1.807, 2.05) is 35.2 Å². The molecule has 2 aromatic carbocycles. The minimum absolute atomic E-state index is 0.134. The number of Topliss-reactive ketones (excluding diaryl/α,β-unsaturated/α-hetero) is 1. The first kappa shape index (κ1) is 20.1. The van der Waals surface area contributed by atoms with Crippen molar-refractivity contribution in [3.63, 3.8) is 0 Å². The number of methoxy groups -OCH3 is 1. The third kappa shape index (κ3) is 4.21. The van der Waals surface area contributed by atoms with Gasteiger partial charge < -0.3 is 14.2 Å². The van der Waals surface area contributed by atoms with Gasteiger partial charge in [0.25, 0.3) is 0 Å². The lowest BCUT2D eigenvalue weighted by molar-refractivity contribution is 0.101. The molecule has 0 atom stereocenters. The summed E-state index contributed by atoms with van der Waals surface area (Å²) < 4.78 is 25.4. The third-order valence-corrected chi connectivity index (χ3v) is 5.39. The number of rotatable bonds is 6. The number of anilines is 1. The number of para-hydroxylation sites is 1. The van der Waals surface area contributed by atoms with Crippen molar-refractivity contribution >= 4 is 11.5 Å². The first-order chi connectivity index (χ1) is 14.5. The molecule has 0 aliphatic carbocycles. The van der Waals surface area contributed by atoms with E-state index in [1.54, 1.807) is 19.2 Å². The summed E-state index contributed by atoms with van der Waals surface area (Å²) in [5, 5.41) is 4.19. The number of hydrogen-bond donors (Lipinski definition) is 0. The van der Waals surface area contributed by atoms with Crippen molar-refractivity contribution in [2.75, 3.05) is 38.2 Å². The molecule has 156 valence electrons. The van der Waals surface area contributed by atoms with E-state index in [4.69, 9.17) is 9.26 Å². The van der Waals surface area contributed by atoms with Crippen LogP contribution in [0.2, 0.25) is 0 Å². The maximum atomic E-state index is 14.4. The molecule has 7 heteroatoms. The third-order valence-electron chi connectivity index (χ3n) is 5.39. The lowest BCUT2D eigenvalue weighted by Crippen LogP contribution is -2.46. The molecular formula is C23H24FN3O3. The number of benzene rings is 2. The van der Waals surface area contributed by atoms with Crippen molar-refractivity contribution in [2.24, 2.45) is 0 Å². The van der Waals surface area contributed by atoms with E-state index in [2.05, 4.69) is 10.1 Å². The minimum atomic E-state index is -0.354. The molecule has 1 aromatic heterocycles. The van der Waals surface area contributed by atoms with Gasteiger partial charge in [0, 0.05) is 43.4 Å². The lowest BCUT2D eigenvalue weighted by Gasteiger charge is -2.35. The second-order valence-corrected chi connectivity index (χ2v) is 7.36. The van der Waals surface area contributed by atoms with E-state index in [-0.39, 0.29) is 11.6 Å². The quantitative estimate of drug-likeness (QED) is 0.574. The van der Waals surface area contributed by atoms with Crippen molar-refractivity contribution in [3.8, 4) is 17.0 Å². The van der Waals surface area contributed by atoms with E-state index in [0.29, 0.717) is 30.9 Å². The van der Waals surface area contributed by atoms with E-state index < -0.39 is 0 Å². The fraction of sp³-hybridized carbons (Fsp3) is 0.304. The van der Waals surface area contributed by atoms with Crippen LogP contribution in [0.4, 0.5) is 10.1 Å². The Labute approximate surface area is 174 Å². The molecule has 1 aliphatic rings. The van der Waals surface area contributed by atoms with Crippen LogP contribution in [0.15, 0.2) is 53.1 Å². The van der Waals surface area contributed by atoms with Crippen molar-refractivity contribution in [1.29, 1.82) is 0 Å². The number of ether oxygens (including phenoxy) is 1. The summed E-state index contributed by atoms with van der Waals surface area (Å²) in [7, 11) is 1.63. The van der Waals surface area contributed by atoms with Crippen molar-refractivity contribution in [1.82, 2.24) is 10.1 Å². The van der Waals surface area contributed by atoms with Gasteiger partial charge in [0.1, 0.15) is 17.3 Å². The van der Waals surface area contributed by atoms with Crippen molar-refractivity contribution in [3.05, 3.63) is 65.7 Å². The zero-order chi connectivity index (χ0) is 21.1. The Balaban J connectivity index is 1.38. The smallest absolute Gasteiger partial charge is 0.159 e. The highest BCUT2D eigenvalue weighted by Gasteiger charge is 2.21. The van der Waals surface area contributed by atoms with E-state index >= 15 is 0 Å². The SMILES string of the molecule is COc1ccccc1-c1cc(CN2CCN(c3ccc(C(C)=O)cc3F)CC2)on1. The minimum Gasteiger partial charge on any atom is -0.496 e. The van der Waals surface area contributed by atoms with Crippen LogP contribution in [-0.2, 0) is 6.54 Å². The molecule has 1 saturated heterocycles. The zero-order valence-electron chi connectivity index (χ0n) is 17.1. The summed E-state index contributed by atoms with van der Waals surface area (Å²) in [4.78, 5) is 15.7. The van der Waals surface area contributed by atoms with Crippen LogP contribution in [0.1, 0.15) is 23.0 Å². The number of carbonyl (C=O) groups is 1. The summed E-state index contributed by atoms with van der Waals surface area (Å²) in [5.41, 5.74) is 2.57. The second-order valence-electron chi connectivity index (χ2n) is 7.36. The molecule has 1 aliphatic heterocycles. The Morgan fingerprint density at radius 3 is 2.60 bits per heavy atom. The predicted octanol–water partition coefficient (Wildman–Crippen LogP) is 4.01. The van der Waals surface area contributed by atoms with Crippen molar-refractivity contribution < 1.29 is 18.4 Å². The molecule has 0 amide bonds. The molecule has 30 heavy (non-hydrogen) atoms. The van der Waals surface area contributed by atoms with Crippen LogP contribution in [0.25, 0.3) is 11.3 Å². The van der Waals surface area contributed by atoms with Gasteiger partial charge in [-0.1, -0.05) is 17.3 Å². The average Bonchev–Trinajstić information content (AvgIpc) is 3.22. The molecule has 0 bridgehead atoms. The zero-order valence-corrected chi connectivity index (χ0v) is 17.1. The molecule has 0 radical (unpaired) electrons. The van der Waals surface area contributed by atoms with Gasteiger partial charge in [-0.05, 0) is 37.3 Å². The Hall–Kier alpha value is -3.19. The Morgan fingerprint density at radius 2 is 1.90 bits per heavy atom. The fourth-order valence-electron chi connectivity index (χ4n) is 3.72. The maximum Gasteiger partial charge on any atom is 0.159 e. The molecule has 0 N–H and O–H groups in total. The number of aromatic nitrogens is 1. The summed E-state index contributed by atoms with van der Waals surface area (Å²) in [5.74, 6) is 1.04.